The SMILES string of the molecule is CCC(OC)C(C)C1OC1C(OC(=O)c1ccncc1)C(C)/C=C/C=C(\C)C1OC(=O)CC(O)CCC(C)(O)C(OC(C)=O)/C=C/C1C. The van der Waals surface area contributed by atoms with Gasteiger partial charge in [0.15, 0.2) is 0 Å². The normalized spacial score (nSPS) is 31.7. The number of aliphatic hydroxyl groups is 2. The average molecular weight is 672 g/mol. The summed E-state index contributed by atoms with van der Waals surface area (Å²) in [6.07, 6.45) is 9.11. The number of hydrogen-bond donors (Lipinski definition) is 2. The summed E-state index contributed by atoms with van der Waals surface area (Å²) in [5.41, 5.74) is -0.341. The van der Waals surface area contributed by atoms with E-state index in [0.717, 1.165) is 12.0 Å². The number of carbonyl (C=O) groups excluding carboxylic acids is 3. The van der Waals surface area contributed by atoms with Gasteiger partial charge in [-0.05, 0) is 56.9 Å². The summed E-state index contributed by atoms with van der Waals surface area (Å²) >= 11 is 0. The third-order valence-electron chi connectivity index (χ3n) is 9.21. The summed E-state index contributed by atoms with van der Waals surface area (Å²) in [4.78, 5) is 41.7. The van der Waals surface area contributed by atoms with Crippen LogP contribution in [0.25, 0.3) is 0 Å². The summed E-state index contributed by atoms with van der Waals surface area (Å²) in [6, 6.07) is 3.21. The van der Waals surface area contributed by atoms with Gasteiger partial charge < -0.3 is 33.9 Å². The molecule has 0 spiro atoms. The minimum absolute atomic E-state index is 0.00853. The molecule has 1 aromatic rings. The molecule has 0 aliphatic carbocycles. The highest BCUT2D eigenvalue weighted by Gasteiger charge is 2.52. The van der Waals surface area contributed by atoms with Crippen LogP contribution in [0.2, 0.25) is 0 Å². The minimum Gasteiger partial charge on any atom is -0.457 e. The molecule has 11 heteroatoms. The summed E-state index contributed by atoms with van der Waals surface area (Å²) < 4.78 is 29.0. The lowest BCUT2D eigenvalue weighted by atomic mass is 9.88. The quantitative estimate of drug-likeness (QED) is 0.102. The second kappa shape index (κ2) is 17.9. The topological polar surface area (TPSA) is 154 Å². The lowest BCUT2D eigenvalue weighted by Crippen LogP contribution is -2.42. The fourth-order valence-electron chi connectivity index (χ4n) is 6.16. The number of aromatic nitrogens is 1. The number of aliphatic hydroxyl groups excluding tert-OH is 1. The van der Waals surface area contributed by atoms with Gasteiger partial charge in [0.2, 0.25) is 0 Å². The number of pyridine rings is 1. The van der Waals surface area contributed by atoms with Crippen molar-refractivity contribution in [2.24, 2.45) is 17.8 Å². The second-order valence-electron chi connectivity index (χ2n) is 13.3. The monoisotopic (exact) mass is 671 g/mol. The van der Waals surface area contributed by atoms with Crippen molar-refractivity contribution in [3.8, 4) is 0 Å². The highest BCUT2D eigenvalue weighted by atomic mass is 16.6. The molecule has 0 radical (unpaired) electrons. The first-order chi connectivity index (χ1) is 22.7. The lowest BCUT2D eigenvalue weighted by molar-refractivity contribution is -0.157. The first-order valence-electron chi connectivity index (χ1n) is 16.8. The van der Waals surface area contributed by atoms with Gasteiger partial charge in [0.25, 0.3) is 0 Å². The Labute approximate surface area is 284 Å². The van der Waals surface area contributed by atoms with Crippen molar-refractivity contribution in [2.45, 2.75) is 122 Å². The van der Waals surface area contributed by atoms with Crippen LogP contribution in [0, 0.1) is 17.8 Å². The number of allylic oxidation sites excluding steroid dienone is 2. The van der Waals surface area contributed by atoms with Crippen molar-refractivity contribution in [2.75, 3.05) is 7.11 Å². The first kappa shape index (κ1) is 39.1. The Balaban J connectivity index is 1.84. The maximum Gasteiger partial charge on any atom is 0.338 e. The van der Waals surface area contributed by atoms with E-state index in [1.54, 1.807) is 31.4 Å². The molecule has 0 saturated carbocycles. The number of hydrogen-bond acceptors (Lipinski definition) is 11. The molecular weight excluding hydrogens is 618 g/mol. The number of cyclic esters (lactones) is 1. The van der Waals surface area contributed by atoms with Crippen molar-refractivity contribution < 1.29 is 48.3 Å². The van der Waals surface area contributed by atoms with Crippen LogP contribution in [0.5, 0.6) is 0 Å². The van der Waals surface area contributed by atoms with Gasteiger partial charge in [0.05, 0.1) is 30.3 Å². The van der Waals surface area contributed by atoms with Crippen LogP contribution in [0.4, 0.5) is 0 Å². The largest absolute Gasteiger partial charge is 0.457 e. The maximum atomic E-state index is 13.1. The number of esters is 3. The van der Waals surface area contributed by atoms with Crippen LogP contribution in [0.3, 0.4) is 0 Å². The minimum atomic E-state index is -1.45. The Bertz CT molecular complexity index is 1300. The Kier molecular flexibility index (Phi) is 14.5. The summed E-state index contributed by atoms with van der Waals surface area (Å²) in [5.74, 6) is -2.10. The average Bonchev–Trinajstić information content (AvgIpc) is 3.84. The van der Waals surface area contributed by atoms with Crippen LogP contribution < -0.4 is 0 Å². The fourth-order valence-corrected chi connectivity index (χ4v) is 6.16. The van der Waals surface area contributed by atoms with E-state index in [4.69, 9.17) is 23.7 Å². The van der Waals surface area contributed by atoms with Gasteiger partial charge in [-0.3, -0.25) is 14.6 Å². The Morgan fingerprint density at radius 3 is 2.48 bits per heavy atom. The molecule has 2 aliphatic heterocycles. The van der Waals surface area contributed by atoms with Crippen LogP contribution in [0.1, 0.15) is 84.5 Å². The van der Waals surface area contributed by atoms with E-state index >= 15 is 0 Å². The number of nitrogens with zero attached hydrogens (tertiary/aromatic N) is 1. The highest BCUT2D eigenvalue weighted by molar-refractivity contribution is 5.89. The zero-order valence-corrected chi connectivity index (χ0v) is 29.4. The molecule has 11 unspecified atom stereocenters. The lowest BCUT2D eigenvalue weighted by Gasteiger charge is -2.32. The summed E-state index contributed by atoms with van der Waals surface area (Å²) in [6.45, 7) is 12.6. The number of ether oxygens (including phenoxy) is 5. The molecule has 1 saturated heterocycles. The molecular formula is C37H53NO10. The third-order valence-corrected chi connectivity index (χ3v) is 9.21. The molecule has 11 nitrogen and oxygen atoms in total. The maximum absolute atomic E-state index is 13.1. The van der Waals surface area contributed by atoms with Crippen molar-refractivity contribution >= 4 is 17.9 Å². The molecule has 0 bridgehead atoms. The van der Waals surface area contributed by atoms with Gasteiger partial charge >= 0.3 is 17.9 Å². The molecule has 1 aromatic heterocycles. The van der Waals surface area contributed by atoms with Crippen molar-refractivity contribution in [3.05, 3.63) is 66.0 Å². The zero-order valence-electron chi connectivity index (χ0n) is 29.4. The second-order valence-corrected chi connectivity index (χ2v) is 13.3. The Hall–Kier alpha value is -3.38. The van der Waals surface area contributed by atoms with Gasteiger partial charge in [-0.2, -0.15) is 0 Å². The Morgan fingerprint density at radius 1 is 1.17 bits per heavy atom. The van der Waals surface area contributed by atoms with Gasteiger partial charge in [-0.1, -0.05) is 52.0 Å². The predicted molar refractivity (Wildman–Crippen MR) is 179 cm³/mol. The predicted octanol–water partition coefficient (Wildman–Crippen LogP) is 4.91. The van der Waals surface area contributed by atoms with Crippen LogP contribution in [-0.4, -0.2) is 88.5 Å². The number of epoxide rings is 1. The van der Waals surface area contributed by atoms with E-state index in [0.29, 0.717) is 5.56 Å². The fraction of sp³-hybridized carbons (Fsp3) is 0.622. The van der Waals surface area contributed by atoms with Gasteiger partial charge in [-0.25, -0.2) is 4.79 Å². The molecule has 2 aliphatic rings. The number of methoxy groups -OCH3 is 1. The molecule has 3 rings (SSSR count). The molecule has 266 valence electrons. The van der Waals surface area contributed by atoms with Crippen molar-refractivity contribution in [3.63, 3.8) is 0 Å². The van der Waals surface area contributed by atoms with E-state index in [-0.39, 0.29) is 55.3 Å². The van der Waals surface area contributed by atoms with E-state index in [1.165, 1.54) is 26.2 Å². The summed E-state index contributed by atoms with van der Waals surface area (Å²) in [7, 11) is 1.68. The molecule has 3 heterocycles. The van der Waals surface area contributed by atoms with Crippen LogP contribution in [-0.2, 0) is 33.3 Å². The third kappa shape index (κ3) is 11.1. The van der Waals surface area contributed by atoms with E-state index in [2.05, 4.69) is 18.8 Å². The smallest absolute Gasteiger partial charge is 0.338 e. The van der Waals surface area contributed by atoms with Gasteiger partial charge in [-0.15, -0.1) is 0 Å². The van der Waals surface area contributed by atoms with E-state index in [1.807, 2.05) is 39.0 Å². The van der Waals surface area contributed by atoms with Gasteiger partial charge in [0.1, 0.15) is 30.0 Å². The standard InChI is InChI=1S/C37H53NO10/c1-9-29(44-8)25(5)34-35(47-34)33(48-36(42)27-16-19-38-20-17-27)23(3)12-10-11-22(2)32-24(4)13-14-30(45-26(6)39)37(7,43)18-15-28(40)21-31(41)46-32/h10-14,16-17,19-20,23-25,28-30,32-35,40,43H,9,15,18,21H2,1-8H3/b12-10+,14-13+,22-11+. The molecule has 2 N–H and O–H groups in total. The van der Waals surface area contributed by atoms with Gasteiger partial charge in [0, 0.05) is 44.2 Å². The zero-order chi connectivity index (χ0) is 35.6. The molecule has 48 heavy (non-hydrogen) atoms. The Morgan fingerprint density at radius 2 is 1.85 bits per heavy atom. The number of rotatable bonds is 12. The van der Waals surface area contributed by atoms with E-state index < -0.39 is 47.9 Å². The summed E-state index contributed by atoms with van der Waals surface area (Å²) in [5, 5.41) is 21.5. The molecule has 1 fully saturated rings. The van der Waals surface area contributed by atoms with E-state index in [9.17, 15) is 24.6 Å². The highest BCUT2D eigenvalue weighted by Crippen LogP contribution is 2.39. The van der Waals surface area contributed by atoms with Crippen LogP contribution in [0.15, 0.2) is 60.5 Å². The first-order valence-corrected chi connectivity index (χ1v) is 16.8. The van der Waals surface area contributed by atoms with Crippen LogP contribution >= 0.6 is 0 Å². The molecule has 0 amide bonds. The molecule has 0 aromatic carbocycles. The molecule has 11 atom stereocenters. The number of carbonyl (C=O) groups is 3. The van der Waals surface area contributed by atoms with Crippen molar-refractivity contribution in [1.82, 2.24) is 4.98 Å². The van der Waals surface area contributed by atoms with Crippen molar-refractivity contribution in [1.29, 1.82) is 0 Å².